The van der Waals surface area contributed by atoms with Gasteiger partial charge in [0.15, 0.2) is 5.76 Å². The molecule has 0 spiro atoms. The van der Waals surface area contributed by atoms with Crippen LogP contribution in [0.15, 0.2) is 12.3 Å². The lowest BCUT2D eigenvalue weighted by Crippen LogP contribution is -2.09. The number of carbonyl (C=O) groups is 1. The van der Waals surface area contributed by atoms with Crippen LogP contribution in [0.1, 0.15) is 6.92 Å². The van der Waals surface area contributed by atoms with Crippen molar-refractivity contribution in [2.75, 3.05) is 26.9 Å². The summed E-state index contributed by atoms with van der Waals surface area (Å²) in [4.78, 5) is 10.5. The Bertz CT molecular complexity index is 143. The average molecular weight is 192 g/mol. The molecule has 0 unspecified atom stereocenters. The first-order chi connectivity index (χ1) is 6.13. The molecule has 0 radical (unpaired) electrons. The highest BCUT2D eigenvalue weighted by atomic mass is 16.6. The van der Waals surface area contributed by atoms with E-state index >= 15 is 0 Å². The highest BCUT2D eigenvalue weighted by Crippen LogP contribution is 1.94. The number of hydrogen-bond donors (Lipinski definition) is 2. The van der Waals surface area contributed by atoms with Crippen LogP contribution >= 0.6 is 0 Å². The van der Waals surface area contributed by atoms with E-state index in [1.165, 1.54) is 7.11 Å². The quantitative estimate of drug-likeness (QED) is 0.363. The Morgan fingerprint density at radius 2 is 1.92 bits per heavy atom. The number of ether oxygens (including phenoxy) is 2. The van der Waals surface area contributed by atoms with Gasteiger partial charge in [-0.3, -0.25) is 0 Å². The van der Waals surface area contributed by atoms with E-state index in [1.807, 2.05) is 0 Å². The molecule has 2 N–H and O–H groups in total. The summed E-state index contributed by atoms with van der Waals surface area (Å²) in [5, 5.41) is 15.8. The first kappa shape index (κ1) is 14.5. The third kappa shape index (κ3) is 10.9. The lowest BCUT2D eigenvalue weighted by molar-refractivity contribution is -0.140. The van der Waals surface area contributed by atoms with Gasteiger partial charge in [-0.05, 0) is 13.5 Å². The second-order valence-corrected chi connectivity index (χ2v) is 1.80. The third-order valence-electron chi connectivity index (χ3n) is 0.781. The minimum absolute atomic E-state index is 0.0634. The van der Waals surface area contributed by atoms with Crippen LogP contribution in [0.2, 0.25) is 0 Å². The molecule has 0 saturated heterocycles. The monoisotopic (exact) mass is 192 g/mol. The van der Waals surface area contributed by atoms with Crippen LogP contribution < -0.4 is 0 Å². The van der Waals surface area contributed by atoms with Crippen LogP contribution in [0.25, 0.3) is 0 Å². The summed E-state index contributed by atoms with van der Waals surface area (Å²) < 4.78 is 8.89. The van der Waals surface area contributed by atoms with Gasteiger partial charge in [0, 0.05) is 6.61 Å². The Morgan fingerprint density at radius 3 is 2.23 bits per heavy atom. The van der Waals surface area contributed by atoms with Crippen LogP contribution in [-0.4, -0.2) is 43.1 Å². The molecule has 0 atom stereocenters. The van der Waals surface area contributed by atoms with Gasteiger partial charge in [-0.2, -0.15) is 0 Å². The Balaban J connectivity index is 0. The van der Waals surface area contributed by atoms with Crippen molar-refractivity contribution in [2.24, 2.45) is 0 Å². The topological polar surface area (TPSA) is 76.0 Å². The standard InChI is InChI=1S/C6H10O4.C2H6O/c1-5(6(8)9-2)10-4-3-7;1-2-3/h7H,1,3-4H2,2H3;3H,2H2,1H3. The van der Waals surface area contributed by atoms with Gasteiger partial charge in [-0.25, -0.2) is 4.79 Å². The van der Waals surface area contributed by atoms with Crippen molar-refractivity contribution in [1.82, 2.24) is 0 Å². The van der Waals surface area contributed by atoms with Crippen LogP contribution in [0.5, 0.6) is 0 Å². The zero-order chi connectivity index (χ0) is 10.7. The van der Waals surface area contributed by atoms with E-state index in [9.17, 15) is 4.79 Å². The maximum absolute atomic E-state index is 10.5. The Morgan fingerprint density at radius 1 is 1.46 bits per heavy atom. The van der Waals surface area contributed by atoms with Gasteiger partial charge in [0.25, 0.3) is 0 Å². The van der Waals surface area contributed by atoms with Gasteiger partial charge < -0.3 is 19.7 Å². The molecular weight excluding hydrogens is 176 g/mol. The van der Waals surface area contributed by atoms with E-state index in [-0.39, 0.29) is 25.6 Å². The van der Waals surface area contributed by atoms with Crippen LogP contribution in [0, 0.1) is 0 Å². The third-order valence-corrected chi connectivity index (χ3v) is 0.781. The lowest BCUT2D eigenvalue weighted by atomic mass is 10.6. The number of carbonyl (C=O) groups excluding carboxylic acids is 1. The Kier molecular flexibility index (Phi) is 12.2. The molecule has 0 aromatic heterocycles. The summed E-state index contributed by atoms with van der Waals surface area (Å²) >= 11 is 0. The van der Waals surface area contributed by atoms with Gasteiger partial charge in [-0.1, -0.05) is 0 Å². The SMILES string of the molecule is C=C(OCCO)C(=O)OC.CCO. The number of methoxy groups -OCH3 is 1. The van der Waals surface area contributed by atoms with Gasteiger partial charge in [0.05, 0.1) is 13.7 Å². The van der Waals surface area contributed by atoms with Crippen LogP contribution in [0.4, 0.5) is 0 Å². The van der Waals surface area contributed by atoms with Crippen molar-refractivity contribution in [1.29, 1.82) is 0 Å². The summed E-state index contributed by atoms with van der Waals surface area (Å²) in [5.41, 5.74) is 0. The fraction of sp³-hybridized carbons (Fsp3) is 0.625. The summed E-state index contributed by atoms with van der Waals surface area (Å²) in [7, 11) is 1.23. The van der Waals surface area contributed by atoms with E-state index in [1.54, 1.807) is 6.92 Å². The molecule has 0 aromatic rings. The first-order valence-corrected chi connectivity index (χ1v) is 3.75. The zero-order valence-corrected chi connectivity index (χ0v) is 7.95. The molecule has 5 heteroatoms. The fourth-order valence-electron chi connectivity index (χ4n) is 0.342. The van der Waals surface area contributed by atoms with Gasteiger partial charge in [0.1, 0.15) is 6.61 Å². The molecule has 0 fully saturated rings. The van der Waals surface area contributed by atoms with Crippen molar-refractivity contribution < 1.29 is 24.5 Å². The average Bonchev–Trinajstić information content (AvgIpc) is 2.14. The molecule has 0 aromatic carbocycles. The van der Waals surface area contributed by atoms with Gasteiger partial charge >= 0.3 is 5.97 Å². The molecule has 5 nitrogen and oxygen atoms in total. The fourth-order valence-corrected chi connectivity index (χ4v) is 0.342. The smallest absolute Gasteiger partial charge is 0.372 e. The van der Waals surface area contributed by atoms with E-state index in [0.717, 1.165) is 0 Å². The Hall–Kier alpha value is -1.07. The Labute approximate surface area is 77.6 Å². The van der Waals surface area contributed by atoms with Crippen molar-refractivity contribution >= 4 is 5.97 Å². The van der Waals surface area contributed by atoms with Crippen LogP contribution in [-0.2, 0) is 14.3 Å². The molecule has 0 aliphatic heterocycles. The van der Waals surface area contributed by atoms with Gasteiger partial charge in [-0.15, -0.1) is 0 Å². The predicted molar refractivity (Wildman–Crippen MR) is 47.0 cm³/mol. The summed E-state index contributed by atoms with van der Waals surface area (Å²) in [6.45, 7) is 5.11. The van der Waals surface area contributed by atoms with Crippen molar-refractivity contribution in [3.63, 3.8) is 0 Å². The molecule has 0 saturated carbocycles. The van der Waals surface area contributed by atoms with Crippen molar-refractivity contribution in [2.45, 2.75) is 6.92 Å². The second-order valence-electron chi connectivity index (χ2n) is 1.80. The minimum atomic E-state index is -0.617. The van der Waals surface area contributed by atoms with Crippen molar-refractivity contribution in [3.05, 3.63) is 12.3 Å². The first-order valence-electron chi connectivity index (χ1n) is 3.75. The maximum Gasteiger partial charge on any atom is 0.372 e. The second kappa shape index (κ2) is 10.9. The molecule has 13 heavy (non-hydrogen) atoms. The number of esters is 1. The van der Waals surface area contributed by atoms with E-state index in [4.69, 9.17) is 10.2 Å². The van der Waals surface area contributed by atoms with E-state index < -0.39 is 5.97 Å². The normalized spacial score (nSPS) is 8.00. The number of rotatable bonds is 4. The van der Waals surface area contributed by atoms with E-state index in [2.05, 4.69) is 16.1 Å². The number of aliphatic hydroxyl groups is 2. The maximum atomic E-state index is 10.5. The molecule has 0 aliphatic carbocycles. The molecule has 0 aliphatic rings. The summed E-state index contributed by atoms with van der Waals surface area (Å²) in [6, 6.07) is 0. The predicted octanol–water partition coefficient (Wildman–Crippen LogP) is -0.319. The zero-order valence-electron chi connectivity index (χ0n) is 7.95. The molecule has 0 rings (SSSR count). The summed E-state index contributed by atoms with van der Waals surface area (Å²) in [6.07, 6.45) is 0. The number of aliphatic hydroxyl groups excluding tert-OH is 2. The van der Waals surface area contributed by atoms with E-state index in [0.29, 0.717) is 0 Å². The highest BCUT2D eigenvalue weighted by molar-refractivity contribution is 5.85. The summed E-state index contributed by atoms with van der Waals surface area (Å²) in [5.74, 6) is -0.704. The molecule has 0 heterocycles. The highest BCUT2D eigenvalue weighted by Gasteiger charge is 2.05. The molecule has 0 amide bonds. The minimum Gasteiger partial charge on any atom is -0.485 e. The van der Waals surface area contributed by atoms with Crippen molar-refractivity contribution in [3.8, 4) is 0 Å². The molecule has 0 bridgehead atoms. The largest absolute Gasteiger partial charge is 0.485 e. The number of hydrogen-bond acceptors (Lipinski definition) is 5. The lowest BCUT2D eigenvalue weighted by Gasteiger charge is -2.03. The van der Waals surface area contributed by atoms with Crippen LogP contribution in [0.3, 0.4) is 0 Å². The van der Waals surface area contributed by atoms with Gasteiger partial charge in [0.2, 0.25) is 0 Å². The molecular formula is C8H16O5. The molecule has 78 valence electrons.